The van der Waals surface area contributed by atoms with Crippen LogP contribution in [0.3, 0.4) is 0 Å². The number of esters is 1. The number of nitrogens with zero attached hydrogens (tertiary/aromatic N) is 1. The van der Waals surface area contributed by atoms with Gasteiger partial charge in [-0.15, -0.1) is 0 Å². The fourth-order valence-electron chi connectivity index (χ4n) is 2.03. The maximum Gasteiger partial charge on any atom is 0.338 e. The number of hydrogen-bond acceptors (Lipinski definition) is 6. The summed E-state index contributed by atoms with van der Waals surface area (Å²) in [5.41, 5.74) is 0.587. The summed E-state index contributed by atoms with van der Waals surface area (Å²) in [6, 6.07) is 11.8. The first-order chi connectivity index (χ1) is 12.8. The molecule has 2 aromatic rings. The van der Waals surface area contributed by atoms with E-state index in [0.29, 0.717) is 29.5 Å². The summed E-state index contributed by atoms with van der Waals surface area (Å²) in [4.78, 5) is 33.9. The number of nitro groups is 1. The molecule has 0 unspecified atom stereocenters. The van der Waals surface area contributed by atoms with Gasteiger partial charge in [0.2, 0.25) is 0 Å². The Morgan fingerprint density at radius 1 is 1.07 bits per heavy atom. The Kier molecular flexibility index (Phi) is 6.87. The second-order valence-corrected chi connectivity index (χ2v) is 6.16. The maximum absolute atomic E-state index is 12.0. The van der Waals surface area contributed by atoms with Gasteiger partial charge < -0.3 is 14.8 Å². The van der Waals surface area contributed by atoms with E-state index in [2.05, 4.69) is 5.32 Å². The predicted molar refractivity (Wildman–Crippen MR) is 98.8 cm³/mol. The van der Waals surface area contributed by atoms with Crippen LogP contribution in [-0.2, 0) is 9.53 Å². The minimum atomic E-state index is -0.635. The van der Waals surface area contributed by atoms with E-state index < -0.39 is 23.4 Å². The Morgan fingerprint density at radius 3 is 2.26 bits per heavy atom. The monoisotopic (exact) mass is 372 g/mol. The Hall–Kier alpha value is -3.42. The molecule has 8 nitrogen and oxygen atoms in total. The van der Waals surface area contributed by atoms with Gasteiger partial charge in [-0.05, 0) is 42.3 Å². The lowest BCUT2D eigenvalue weighted by molar-refractivity contribution is -0.384. The first-order valence-corrected chi connectivity index (χ1v) is 8.29. The van der Waals surface area contributed by atoms with Crippen LogP contribution in [0.25, 0.3) is 0 Å². The molecule has 0 aromatic heterocycles. The Bertz CT molecular complexity index is 800. The van der Waals surface area contributed by atoms with Crippen LogP contribution >= 0.6 is 0 Å². The highest BCUT2D eigenvalue weighted by atomic mass is 16.6. The van der Waals surface area contributed by atoms with Gasteiger partial charge >= 0.3 is 5.97 Å². The third kappa shape index (κ3) is 6.43. The van der Waals surface area contributed by atoms with Gasteiger partial charge in [-0.1, -0.05) is 13.8 Å². The standard InChI is InChI=1S/C19H20N2O6/c1-13(2)11-26-17-9-3-14(4-10-17)19(23)27-12-18(22)20-15-5-7-16(8-6-15)21(24)25/h3-10,13H,11-12H2,1-2H3,(H,20,22). The second-order valence-electron chi connectivity index (χ2n) is 6.16. The van der Waals surface area contributed by atoms with Crippen LogP contribution < -0.4 is 10.1 Å². The van der Waals surface area contributed by atoms with Crippen molar-refractivity contribution in [3.63, 3.8) is 0 Å². The van der Waals surface area contributed by atoms with Gasteiger partial charge in [-0.3, -0.25) is 14.9 Å². The van der Waals surface area contributed by atoms with E-state index in [1.165, 1.54) is 24.3 Å². The van der Waals surface area contributed by atoms with E-state index >= 15 is 0 Å². The van der Waals surface area contributed by atoms with Gasteiger partial charge in [0, 0.05) is 17.8 Å². The number of amides is 1. The van der Waals surface area contributed by atoms with Crippen LogP contribution in [0.1, 0.15) is 24.2 Å². The average molecular weight is 372 g/mol. The van der Waals surface area contributed by atoms with Gasteiger partial charge in [0.15, 0.2) is 6.61 Å². The van der Waals surface area contributed by atoms with E-state index in [1.807, 2.05) is 13.8 Å². The molecule has 0 bridgehead atoms. The fraction of sp³-hybridized carbons (Fsp3) is 0.263. The molecule has 0 atom stereocenters. The molecule has 0 spiro atoms. The maximum atomic E-state index is 12.0. The van der Waals surface area contributed by atoms with Crippen LogP contribution in [0, 0.1) is 16.0 Å². The largest absolute Gasteiger partial charge is 0.493 e. The summed E-state index contributed by atoms with van der Waals surface area (Å²) in [5.74, 6) is -0.140. The highest BCUT2D eigenvalue weighted by Gasteiger charge is 2.11. The van der Waals surface area contributed by atoms with Gasteiger partial charge in [-0.2, -0.15) is 0 Å². The van der Waals surface area contributed by atoms with Crippen LogP contribution in [0.4, 0.5) is 11.4 Å². The van der Waals surface area contributed by atoms with Gasteiger partial charge in [-0.25, -0.2) is 4.79 Å². The highest BCUT2D eigenvalue weighted by molar-refractivity contribution is 5.95. The molecule has 2 rings (SSSR count). The third-order valence-electron chi connectivity index (χ3n) is 3.37. The number of benzene rings is 2. The van der Waals surface area contributed by atoms with Crippen molar-refractivity contribution in [3.05, 3.63) is 64.2 Å². The summed E-state index contributed by atoms with van der Waals surface area (Å²) in [5, 5.41) is 13.1. The van der Waals surface area contributed by atoms with Crippen molar-refractivity contribution in [3.8, 4) is 5.75 Å². The molecule has 0 heterocycles. The molecule has 2 aromatic carbocycles. The minimum Gasteiger partial charge on any atom is -0.493 e. The van der Waals surface area contributed by atoms with Gasteiger partial charge in [0.05, 0.1) is 17.1 Å². The van der Waals surface area contributed by atoms with Crippen molar-refractivity contribution < 1.29 is 24.0 Å². The molecule has 0 fully saturated rings. The predicted octanol–water partition coefficient (Wildman–Crippen LogP) is 3.43. The summed E-state index contributed by atoms with van der Waals surface area (Å²) in [7, 11) is 0. The zero-order valence-electron chi connectivity index (χ0n) is 15.0. The van der Waals surface area contributed by atoms with Gasteiger partial charge in [0.25, 0.3) is 11.6 Å². The van der Waals surface area contributed by atoms with Crippen LogP contribution in [0.2, 0.25) is 0 Å². The zero-order valence-corrected chi connectivity index (χ0v) is 15.0. The zero-order chi connectivity index (χ0) is 19.8. The third-order valence-corrected chi connectivity index (χ3v) is 3.37. The van der Waals surface area contributed by atoms with Crippen LogP contribution in [0.15, 0.2) is 48.5 Å². The Balaban J connectivity index is 1.82. The number of non-ortho nitro benzene ring substituents is 1. The topological polar surface area (TPSA) is 108 Å². The van der Waals surface area contributed by atoms with E-state index in [-0.39, 0.29) is 5.69 Å². The molecular weight excluding hydrogens is 352 g/mol. The minimum absolute atomic E-state index is 0.0831. The van der Waals surface area contributed by atoms with Crippen molar-refractivity contribution in [2.75, 3.05) is 18.5 Å². The number of anilines is 1. The molecule has 1 N–H and O–H groups in total. The molecule has 142 valence electrons. The average Bonchev–Trinajstić information content (AvgIpc) is 2.65. The first-order valence-electron chi connectivity index (χ1n) is 8.29. The number of hydrogen-bond donors (Lipinski definition) is 1. The number of carbonyl (C=O) groups is 2. The van der Waals surface area contributed by atoms with Gasteiger partial charge in [0.1, 0.15) is 5.75 Å². The molecule has 1 amide bonds. The van der Waals surface area contributed by atoms with Crippen molar-refractivity contribution in [1.82, 2.24) is 0 Å². The van der Waals surface area contributed by atoms with E-state index in [0.717, 1.165) is 0 Å². The van der Waals surface area contributed by atoms with Crippen LogP contribution in [-0.4, -0.2) is 30.0 Å². The normalized spacial score (nSPS) is 10.3. The summed E-state index contributed by atoms with van der Waals surface area (Å²) >= 11 is 0. The molecule has 0 saturated heterocycles. The number of ether oxygens (including phenoxy) is 2. The number of carbonyl (C=O) groups excluding carboxylic acids is 2. The smallest absolute Gasteiger partial charge is 0.338 e. The quantitative estimate of drug-likeness (QED) is 0.432. The summed E-state index contributed by atoms with van der Waals surface area (Å²) in [6.07, 6.45) is 0. The SMILES string of the molecule is CC(C)COc1ccc(C(=O)OCC(=O)Nc2ccc([N+](=O)[O-])cc2)cc1. The lowest BCUT2D eigenvalue weighted by Crippen LogP contribution is -2.20. The van der Waals surface area contributed by atoms with E-state index in [4.69, 9.17) is 9.47 Å². The lowest BCUT2D eigenvalue weighted by Gasteiger charge is -2.09. The van der Waals surface area contributed by atoms with Crippen molar-refractivity contribution in [1.29, 1.82) is 0 Å². The van der Waals surface area contributed by atoms with E-state index in [1.54, 1.807) is 24.3 Å². The second kappa shape index (κ2) is 9.33. The molecule has 0 aliphatic carbocycles. The number of nitrogens with one attached hydrogen (secondary N) is 1. The fourth-order valence-corrected chi connectivity index (χ4v) is 2.03. The molecule has 0 radical (unpaired) electrons. The molecule has 8 heteroatoms. The van der Waals surface area contributed by atoms with Crippen molar-refractivity contribution in [2.24, 2.45) is 5.92 Å². The molecule has 0 aliphatic rings. The van der Waals surface area contributed by atoms with E-state index in [9.17, 15) is 19.7 Å². The molecule has 27 heavy (non-hydrogen) atoms. The van der Waals surface area contributed by atoms with Crippen molar-refractivity contribution in [2.45, 2.75) is 13.8 Å². The Labute approximate surface area is 156 Å². The molecule has 0 aliphatic heterocycles. The number of nitro benzene ring substituents is 1. The molecular formula is C19H20N2O6. The highest BCUT2D eigenvalue weighted by Crippen LogP contribution is 2.16. The van der Waals surface area contributed by atoms with Crippen molar-refractivity contribution >= 4 is 23.3 Å². The lowest BCUT2D eigenvalue weighted by atomic mass is 10.2. The molecule has 0 saturated carbocycles. The summed E-state index contributed by atoms with van der Waals surface area (Å²) < 4.78 is 10.5. The first kappa shape index (κ1) is 19.9. The van der Waals surface area contributed by atoms with Crippen LogP contribution in [0.5, 0.6) is 5.75 Å². The number of rotatable bonds is 8. The summed E-state index contributed by atoms with van der Waals surface area (Å²) in [6.45, 7) is 4.18. The Morgan fingerprint density at radius 2 is 1.70 bits per heavy atom.